The summed E-state index contributed by atoms with van der Waals surface area (Å²) >= 11 is 0. The molecule has 6 heteroatoms. The Bertz CT molecular complexity index is 440. The number of carbonyl (C=O) groups is 2. The third-order valence-corrected chi connectivity index (χ3v) is 1.85. The number of pyridine rings is 1. The summed E-state index contributed by atoms with van der Waals surface area (Å²) in [5, 5.41) is 24.9. The van der Waals surface area contributed by atoms with Gasteiger partial charge in [0, 0.05) is 17.8 Å². The van der Waals surface area contributed by atoms with Crippen molar-refractivity contribution in [3.63, 3.8) is 0 Å². The summed E-state index contributed by atoms with van der Waals surface area (Å²) < 4.78 is 0. The maximum atomic E-state index is 9.55. The van der Waals surface area contributed by atoms with Crippen LogP contribution >= 0.6 is 0 Å². The molecular weight excluding hydrogens is 238 g/mol. The maximum Gasteiger partial charge on any atom is 0.328 e. The molecule has 0 saturated heterocycles. The number of aliphatic carboxylic acids is 2. The fourth-order valence-electron chi connectivity index (χ4n) is 1.16. The number of hydrogen-bond donors (Lipinski definition) is 3. The van der Waals surface area contributed by atoms with Crippen LogP contribution in [0.3, 0.4) is 0 Å². The lowest BCUT2D eigenvalue weighted by Crippen LogP contribution is -1.91. The van der Waals surface area contributed by atoms with Crippen LogP contribution in [0, 0.1) is 20.8 Å². The van der Waals surface area contributed by atoms with Crippen molar-refractivity contribution in [1.29, 1.82) is 0 Å². The molecule has 1 aromatic rings. The highest BCUT2D eigenvalue weighted by Gasteiger charge is 2.00. The van der Waals surface area contributed by atoms with E-state index < -0.39 is 11.9 Å². The minimum Gasteiger partial charge on any atom is -0.506 e. The van der Waals surface area contributed by atoms with E-state index in [1.807, 2.05) is 19.9 Å². The molecule has 0 aliphatic rings. The number of rotatable bonds is 2. The minimum atomic E-state index is -1.26. The molecule has 0 amide bonds. The Morgan fingerprint density at radius 1 is 1.11 bits per heavy atom. The van der Waals surface area contributed by atoms with Gasteiger partial charge < -0.3 is 15.3 Å². The molecule has 98 valence electrons. The standard InChI is InChI=1S/C8H11NO.C4H4O4/c1-5-4-6(2)9-7(3)8(5)10;5-3(6)1-2-4(7)8/h4,10H,1-3H3;1-2H,(H,5,6)(H,7,8). The molecule has 18 heavy (non-hydrogen) atoms. The largest absolute Gasteiger partial charge is 0.506 e. The molecule has 0 fully saturated rings. The van der Waals surface area contributed by atoms with E-state index in [-0.39, 0.29) is 0 Å². The zero-order chi connectivity index (χ0) is 14.3. The van der Waals surface area contributed by atoms with E-state index in [0.717, 1.165) is 11.3 Å². The highest BCUT2D eigenvalue weighted by atomic mass is 16.4. The number of aromatic hydroxyl groups is 1. The summed E-state index contributed by atoms with van der Waals surface area (Å²) in [6.07, 6.45) is 1.12. The lowest BCUT2D eigenvalue weighted by Gasteiger charge is -2.02. The number of carboxylic acids is 2. The number of nitrogens with zero attached hydrogens (tertiary/aromatic N) is 1. The fourth-order valence-corrected chi connectivity index (χ4v) is 1.16. The van der Waals surface area contributed by atoms with Gasteiger partial charge in [0.2, 0.25) is 0 Å². The van der Waals surface area contributed by atoms with Crippen LogP contribution in [0.5, 0.6) is 5.75 Å². The normalized spacial score (nSPS) is 9.72. The maximum absolute atomic E-state index is 9.55. The Kier molecular flexibility index (Phi) is 6.12. The summed E-state index contributed by atoms with van der Waals surface area (Å²) in [6, 6.07) is 1.86. The molecule has 0 radical (unpaired) electrons. The molecule has 0 atom stereocenters. The second kappa shape index (κ2) is 7.05. The smallest absolute Gasteiger partial charge is 0.328 e. The molecule has 0 saturated carbocycles. The Morgan fingerprint density at radius 3 is 1.89 bits per heavy atom. The monoisotopic (exact) mass is 253 g/mol. The van der Waals surface area contributed by atoms with Gasteiger partial charge in [-0.05, 0) is 32.4 Å². The molecule has 1 rings (SSSR count). The second-order valence-corrected chi connectivity index (χ2v) is 3.52. The van der Waals surface area contributed by atoms with Crippen molar-refractivity contribution in [2.24, 2.45) is 0 Å². The molecule has 3 N–H and O–H groups in total. The molecule has 0 aliphatic heterocycles. The van der Waals surface area contributed by atoms with E-state index in [9.17, 15) is 14.7 Å². The Morgan fingerprint density at radius 2 is 1.56 bits per heavy atom. The van der Waals surface area contributed by atoms with E-state index in [0.29, 0.717) is 23.6 Å². The summed E-state index contributed by atoms with van der Waals surface area (Å²) in [7, 11) is 0. The van der Waals surface area contributed by atoms with E-state index >= 15 is 0 Å². The van der Waals surface area contributed by atoms with Gasteiger partial charge in [-0.2, -0.15) is 0 Å². The van der Waals surface area contributed by atoms with E-state index in [4.69, 9.17) is 10.2 Å². The van der Waals surface area contributed by atoms with Crippen LogP contribution in [-0.2, 0) is 9.59 Å². The van der Waals surface area contributed by atoms with Crippen LogP contribution < -0.4 is 0 Å². The van der Waals surface area contributed by atoms with Crippen molar-refractivity contribution in [1.82, 2.24) is 4.98 Å². The average molecular weight is 253 g/mol. The molecule has 1 heterocycles. The van der Waals surface area contributed by atoms with Crippen molar-refractivity contribution in [2.75, 3.05) is 0 Å². The van der Waals surface area contributed by atoms with Gasteiger partial charge in [0.15, 0.2) is 0 Å². The first-order valence-electron chi connectivity index (χ1n) is 5.01. The van der Waals surface area contributed by atoms with Gasteiger partial charge in [-0.15, -0.1) is 0 Å². The van der Waals surface area contributed by atoms with Gasteiger partial charge in [0.1, 0.15) is 5.75 Å². The van der Waals surface area contributed by atoms with Crippen molar-refractivity contribution in [2.45, 2.75) is 20.8 Å². The van der Waals surface area contributed by atoms with Gasteiger partial charge in [0.25, 0.3) is 0 Å². The van der Waals surface area contributed by atoms with Crippen molar-refractivity contribution >= 4 is 11.9 Å². The van der Waals surface area contributed by atoms with Gasteiger partial charge in [-0.25, -0.2) is 9.59 Å². The van der Waals surface area contributed by atoms with Crippen LogP contribution in [0.1, 0.15) is 17.0 Å². The third-order valence-electron chi connectivity index (χ3n) is 1.85. The number of hydrogen-bond acceptors (Lipinski definition) is 4. The summed E-state index contributed by atoms with van der Waals surface area (Å²) in [4.78, 5) is 23.2. The first-order chi connectivity index (χ1) is 8.23. The molecule has 0 aromatic carbocycles. The molecule has 0 unspecified atom stereocenters. The fraction of sp³-hybridized carbons (Fsp3) is 0.250. The lowest BCUT2D eigenvalue weighted by atomic mass is 10.2. The number of aromatic nitrogens is 1. The predicted octanol–water partition coefficient (Wildman–Crippen LogP) is 1.42. The first kappa shape index (κ1) is 15.6. The zero-order valence-electron chi connectivity index (χ0n) is 10.3. The quantitative estimate of drug-likeness (QED) is 0.688. The van der Waals surface area contributed by atoms with E-state index in [2.05, 4.69) is 4.98 Å². The molecule has 1 aromatic heterocycles. The van der Waals surface area contributed by atoms with Gasteiger partial charge in [0.05, 0.1) is 5.69 Å². The van der Waals surface area contributed by atoms with Gasteiger partial charge in [-0.3, -0.25) is 4.98 Å². The topological polar surface area (TPSA) is 108 Å². The number of aryl methyl sites for hydroxylation is 3. The molecule has 0 aliphatic carbocycles. The highest BCUT2D eigenvalue weighted by molar-refractivity contribution is 5.89. The van der Waals surface area contributed by atoms with Gasteiger partial charge >= 0.3 is 11.9 Å². The van der Waals surface area contributed by atoms with E-state index in [1.165, 1.54) is 0 Å². The summed E-state index contributed by atoms with van der Waals surface area (Å²) in [6.45, 7) is 5.59. The van der Waals surface area contributed by atoms with Crippen LogP contribution in [0.2, 0.25) is 0 Å². The predicted molar refractivity (Wildman–Crippen MR) is 64.5 cm³/mol. The zero-order valence-corrected chi connectivity index (χ0v) is 10.3. The van der Waals surface area contributed by atoms with Crippen LogP contribution in [0.4, 0.5) is 0 Å². The Balaban J connectivity index is 0.000000331. The molecule has 0 spiro atoms. The Hall–Kier alpha value is -2.37. The van der Waals surface area contributed by atoms with Crippen LogP contribution in [0.15, 0.2) is 18.2 Å². The summed E-state index contributed by atoms with van der Waals surface area (Å²) in [5.41, 5.74) is 2.55. The van der Waals surface area contributed by atoms with Crippen molar-refractivity contribution < 1.29 is 24.9 Å². The Labute approximate surface area is 104 Å². The minimum absolute atomic E-state index is 0.311. The third kappa shape index (κ3) is 6.26. The number of carboxylic acid groups (broad SMARTS) is 2. The van der Waals surface area contributed by atoms with Crippen molar-refractivity contribution in [3.05, 3.63) is 35.2 Å². The lowest BCUT2D eigenvalue weighted by molar-refractivity contribution is -0.134. The SMILES string of the molecule is Cc1cc(C)c(O)c(C)n1.O=C(O)C=CC(=O)O. The highest BCUT2D eigenvalue weighted by Crippen LogP contribution is 2.18. The molecule has 0 bridgehead atoms. The summed E-state index contributed by atoms with van der Waals surface area (Å²) in [5.74, 6) is -2.20. The van der Waals surface area contributed by atoms with Crippen LogP contribution in [0.25, 0.3) is 0 Å². The second-order valence-electron chi connectivity index (χ2n) is 3.52. The molecular formula is C12H15NO5. The van der Waals surface area contributed by atoms with Gasteiger partial charge in [-0.1, -0.05) is 0 Å². The van der Waals surface area contributed by atoms with E-state index in [1.54, 1.807) is 6.92 Å². The average Bonchev–Trinajstić information content (AvgIpc) is 2.24. The first-order valence-corrected chi connectivity index (χ1v) is 5.01. The van der Waals surface area contributed by atoms with Crippen molar-refractivity contribution in [3.8, 4) is 5.75 Å². The van der Waals surface area contributed by atoms with Crippen LogP contribution in [-0.4, -0.2) is 32.2 Å². The molecule has 6 nitrogen and oxygen atoms in total.